The van der Waals surface area contributed by atoms with Crippen LogP contribution in [0, 0.1) is 6.92 Å². The van der Waals surface area contributed by atoms with Crippen LogP contribution in [0.25, 0.3) is 0 Å². The lowest BCUT2D eigenvalue weighted by Crippen LogP contribution is -2.25. The molecule has 0 fully saturated rings. The molecular formula is C13H13NOS. The quantitative estimate of drug-likeness (QED) is 0.776. The summed E-state index contributed by atoms with van der Waals surface area (Å²) in [6, 6.07) is 11.6. The van der Waals surface area contributed by atoms with Crippen molar-refractivity contribution in [3.63, 3.8) is 0 Å². The van der Waals surface area contributed by atoms with Crippen LogP contribution in [0.2, 0.25) is 0 Å². The number of para-hydroxylation sites is 1. The van der Waals surface area contributed by atoms with E-state index in [2.05, 4.69) is 0 Å². The SMILES string of the molecule is Cc1csc(C(=O)N(C)c2ccccc2)c1. The van der Waals surface area contributed by atoms with E-state index in [0.717, 1.165) is 16.1 Å². The van der Waals surface area contributed by atoms with Crippen LogP contribution in [0.5, 0.6) is 0 Å². The average Bonchev–Trinajstić information content (AvgIpc) is 2.75. The van der Waals surface area contributed by atoms with Crippen molar-refractivity contribution in [1.82, 2.24) is 0 Å². The van der Waals surface area contributed by atoms with Gasteiger partial charge in [-0.25, -0.2) is 0 Å². The first kappa shape index (κ1) is 10.9. The third-order valence-electron chi connectivity index (χ3n) is 2.39. The van der Waals surface area contributed by atoms with Crippen LogP contribution in [0.15, 0.2) is 41.8 Å². The summed E-state index contributed by atoms with van der Waals surface area (Å²) in [6.07, 6.45) is 0. The van der Waals surface area contributed by atoms with Crippen molar-refractivity contribution in [2.75, 3.05) is 11.9 Å². The summed E-state index contributed by atoms with van der Waals surface area (Å²) in [4.78, 5) is 14.5. The van der Waals surface area contributed by atoms with Gasteiger partial charge in [-0.05, 0) is 36.1 Å². The normalized spacial score (nSPS) is 10.1. The molecule has 16 heavy (non-hydrogen) atoms. The Bertz CT molecular complexity index is 490. The van der Waals surface area contributed by atoms with Crippen LogP contribution in [-0.2, 0) is 0 Å². The number of anilines is 1. The van der Waals surface area contributed by atoms with Gasteiger partial charge in [0.15, 0.2) is 0 Å². The summed E-state index contributed by atoms with van der Waals surface area (Å²) in [5.74, 6) is 0.0456. The molecule has 0 aliphatic carbocycles. The van der Waals surface area contributed by atoms with E-state index in [1.807, 2.05) is 48.7 Å². The van der Waals surface area contributed by atoms with Gasteiger partial charge in [-0.3, -0.25) is 4.79 Å². The van der Waals surface area contributed by atoms with Gasteiger partial charge in [-0.1, -0.05) is 18.2 Å². The lowest BCUT2D eigenvalue weighted by Gasteiger charge is -2.15. The fourth-order valence-corrected chi connectivity index (χ4v) is 2.35. The predicted octanol–water partition coefficient (Wildman–Crippen LogP) is 3.33. The highest BCUT2D eigenvalue weighted by molar-refractivity contribution is 7.12. The molecule has 0 atom stereocenters. The number of hydrogen-bond donors (Lipinski definition) is 0. The van der Waals surface area contributed by atoms with Crippen LogP contribution >= 0.6 is 11.3 Å². The summed E-state index contributed by atoms with van der Waals surface area (Å²) >= 11 is 1.49. The largest absolute Gasteiger partial charge is 0.311 e. The zero-order chi connectivity index (χ0) is 11.5. The molecule has 0 spiro atoms. The summed E-state index contributed by atoms with van der Waals surface area (Å²) in [7, 11) is 1.80. The zero-order valence-electron chi connectivity index (χ0n) is 9.31. The topological polar surface area (TPSA) is 20.3 Å². The molecular weight excluding hydrogens is 218 g/mol. The van der Waals surface area contributed by atoms with Crippen molar-refractivity contribution in [2.24, 2.45) is 0 Å². The van der Waals surface area contributed by atoms with Gasteiger partial charge in [0.05, 0.1) is 4.88 Å². The molecule has 0 saturated heterocycles. The Balaban J connectivity index is 2.23. The fourth-order valence-electron chi connectivity index (χ4n) is 1.48. The molecule has 82 valence electrons. The van der Waals surface area contributed by atoms with Crippen LogP contribution in [0.3, 0.4) is 0 Å². The highest BCUT2D eigenvalue weighted by Crippen LogP contribution is 2.19. The molecule has 3 heteroatoms. The maximum atomic E-state index is 12.1. The second-order valence-corrected chi connectivity index (χ2v) is 4.60. The Hall–Kier alpha value is -1.61. The molecule has 1 heterocycles. The highest BCUT2D eigenvalue weighted by Gasteiger charge is 2.14. The Kier molecular flexibility index (Phi) is 3.06. The van der Waals surface area contributed by atoms with E-state index in [-0.39, 0.29) is 5.91 Å². The van der Waals surface area contributed by atoms with Crippen LogP contribution in [-0.4, -0.2) is 13.0 Å². The zero-order valence-corrected chi connectivity index (χ0v) is 10.1. The van der Waals surface area contributed by atoms with Crippen molar-refractivity contribution in [2.45, 2.75) is 6.92 Å². The smallest absolute Gasteiger partial charge is 0.268 e. The molecule has 0 radical (unpaired) electrons. The van der Waals surface area contributed by atoms with Gasteiger partial charge < -0.3 is 4.90 Å². The summed E-state index contributed by atoms with van der Waals surface area (Å²) in [5.41, 5.74) is 2.05. The van der Waals surface area contributed by atoms with E-state index >= 15 is 0 Å². The number of nitrogens with zero attached hydrogens (tertiary/aromatic N) is 1. The number of benzene rings is 1. The molecule has 0 N–H and O–H groups in total. The molecule has 2 rings (SSSR count). The molecule has 2 aromatic rings. The summed E-state index contributed by atoms with van der Waals surface area (Å²) in [5, 5.41) is 1.99. The van der Waals surface area contributed by atoms with Crippen molar-refractivity contribution in [1.29, 1.82) is 0 Å². The van der Waals surface area contributed by atoms with Crippen LogP contribution in [0.1, 0.15) is 15.2 Å². The third-order valence-corrected chi connectivity index (χ3v) is 3.43. The molecule has 0 bridgehead atoms. The van der Waals surface area contributed by atoms with E-state index in [9.17, 15) is 4.79 Å². The number of carbonyl (C=O) groups excluding carboxylic acids is 1. The number of hydrogen-bond acceptors (Lipinski definition) is 2. The molecule has 0 saturated carbocycles. The van der Waals surface area contributed by atoms with Gasteiger partial charge in [-0.15, -0.1) is 11.3 Å². The minimum Gasteiger partial charge on any atom is -0.311 e. The molecule has 2 nitrogen and oxygen atoms in total. The Labute approximate surface area is 99.1 Å². The van der Waals surface area contributed by atoms with Crippen LogP contribution in [0.4, 0.5) is 5.69 Å². The molecule has 1 aromatic carbocycles. The second-order valence-electron chi connectivity index (χ2n) is 3.69. The lowest BCUT2D eigenvalue weighted by atomic mass is 10.2. The molecule has 1 aromatic heterocycles. The van der Waals surface area contributed by atoms with Gasteiger partial charge in [0.25, 0.3) is 5.91 Å². The number of amides is 1. The highest BCUT2D eigenvalue weighted by atomic mass is 32.1. The van der Waals surface area contributed by atoms with E-state index < -0.39 is 0 Å². The number of thiophene rings is 1. The van der Waals surface area contributed by atoms with Crippen LogP contribution < -0.4 is 4.90 Å². The lowest BCUT2D eigenvalue weighted by molar-refractivity contribution is 0.0997. The maximum Gasteiger partial charge on any atom is 0.268 e. The maximum absolute atomic E-state index is 12.1. The number of carbonyl (C=O) groups is 1. The van der Waals surface area contributed by atoms with Gasteiger partial charge in [0.2, 0.25) is 0 Å². The predicted molar refractivity (Wildman–Crippen MR) is 68.2 cm³/mol. The van der Waals surface area contributed by atoms with Crippen molar-refractivity contribution in [3.05, 3.63) is 52.2 Å². The van der Waals surface area contributed by atoms with Crippen molar-refractivity contribution >= 4 is 22.9 Å². The van der Waals surface area contributed by atoms with Gasteiger partial charge in [-0.2, -0.15) is 0 Å². The van der Waals surface area contributed by atoms with Crippen molar-refractivity contribution in [3.8, 4) is 0 Å². The summed E-state index contributed by atoms with van der Waals surface area (Å²) < 4.78 is 0. The van der Waals surface area contributed by atoms with Crippen molar-refractivity contribution < 1.29 is 4.79 Å². The molecule has 0 aliphatic heterocycles. The number of rotatable bonds is 2. The van der Waals surface area contributed by atoms with E-state index in [4.69, 9.17) is 0 Å². The van der Waals surface area contributed by atoms with Gasteiger partial charge in [0, 0.05) is 12.7 Å². The molecule has 0 aliphatic rings. The fraction of sp³-hybridized carbons (Fsp3) is 0.154. The average molecular weight is 231 g/mol. The van der Waals surface area contributed by atoms with E-state index in [1.165, 1.54) is 11.3 Å². The van der Waals surface area contributed by atoms with Gasteiger partial charge >= 0.3 is 0 Å². The first-order chi connectivity index (χ1) is 7.68. The first-order valence-electron chi connectivity index (χ1n) is 5.07. The minimum absolute atomic E-state index is 0.0456. The standard InChI is InChI=1S/C13H13NOS/c1-10-8-12(16-9-10)13(15)14(2)11-6-4-3-5-7-11/h3-9H,1-2H3. The van der Waals surface area contributed by atoms with E-state index in [1.54, 1.807) is 11.9 Å². The molecule has 1 amide bonds. The summed E-state index contributed by atoms with van der Waals surface area (Å²) in [6.45, 7) is 2.00. The number of aryl methyl sites for hydroxylation is 1. The Morgan fingerprint density at radius 2 is 1.94 bits per heavy atom. The van der Waals surface area contributed by atoms with Gasteiger partial charge in [0.1, 0.15) is 0 Å². The minimum atomic E-state index is 0.0456. The molecule has 0 unspecified atom stereocenters. The Morgan fingerprint density at radius 1 is 1.25 bits per heavy atom. The first-order valence-corrected chi connectivity index (χ1v) is 5.94. The Morgan fingerprint density at radius 3 is 2.50 bits per heavy atom. The third kappa shape index (κ3) is 2.14. The van der Waals surface area contributed by atoms with E-state index in [0.29, 0.717) is 0 Å². The second kappa shape index (κ2) is 4.49. The monoisotopic (exact) mass is 231 g/mol.